The van der Waals surface area contributed by atoms with E-state index < -0.39 is 0 Å². The molecular weight excluding hydrogens is 429 g/mol. The Morgan fingerprint density at radius 2 is 1.90 bits per heavy atom. The number of halogens is 2. The van der Waals surface area contributed by atoms with Crippen LogP contribution in [-0.4, -0.2) is 14.2 Å². The highest BCUT2D eigenvalue weighted by atomic mass is 127. The van der Waals surface area contributed by atoms with E-state index in [0.717, 1.165) is 15.8 Å². The summed E-state index contributed by atoms with van der Waals surface area (Å²) in [5.41, 5.74) is 3.56. The normalized spacial score (nSPS) is 12.2. The minimum Gasteiger partial charge on any atom is -0.496 e. The molecular formula is C16H17BrINO. The van der Waals surface area contributed by atoms with E-state index in [1.807, 2.05) is 7.05 Å². The zero-order valence-corrected chi connectivity index (χ0v) is 15.4. The first kappa shape index (κ1) is 15.8. The van der Waals surface area contributed by atoms with Crippen LogP contribution in [0.1, 0.15) is 22.7 Å². The highest BCUT2D eigenvalue weighted by Gasteiger charge is 2.19. The van der Waals surface area contributed by atoms with Crippen LogP contribution in [0.15, 0.2) is 40.9 Å². The zero-order valence-electron chi connectivity index (χ0n) is 11.7. The van der Waals surface area contributed by atoms with E-state index in [-0.39, 0.29) is 6.04 Å². The smallest absolute Gasteiger partial charge is 0.124 e. The average Bonchev–Trinajstić information content (AvgIpc) is 2.45. The number of rotatable bonds is 4. The van der Waals surface area contributed by atoms with Crippen molar-refractivity contribution in [2.24, 2.45) is 0 Å². The molecule has 2 aromatic carbocycles. The number of ether oxygens (including phenoxy) is 1. The zero-order chi connectivity index (χ0) is 14.7. The molecule has 1 atom stereocenters. The quantitative estimate of drug-likeness (QED) is 0.690. The first-order chi connectivity index (χ1) is 9.58. The van der Waals surface area contributed by atoms with E-state index in [1.54, 1.807) is 7.11 Å². The molecule has 0 aromatic heterocycles. The van der Waals surface area contributed by atoms with Crippen molar-refractivity contribution in [3.8, 4) is 5.75 Å². The second kappa shape index (κ2) is 6.91. The summed E-state index contributed by atoms with van der Waals surface area (Å²) >= 11 is 5.99. The minimum absolute atomic E-state index is 0.106. The molecule has 2 nitrogen and oxygen atoms in total. The molecule has 0 aliphatic carbocycles. The lowest BCUT2D eigenvalue weighted by Gasteiger charge is -2.22. The second-order valence-corrected chi connectivity index (χ2v) is 6.60. The standard InChI is InChI=1S/C16H17BrINO/c1-10-8-15(20-3)12(9-13(10)17)16(19-2)11-6-4-5-7-14(11)18/h4-9,16,19H,1-3H3. The van der Waals surface area contributed by atoms with Crippen LogP contribution in [0.25, 0.3) is 0 Å². The highest BCUT2D eigenvalue weighted by molar-refractivity contribution is 14.1. The van der Waals surface area contributed by atoms with Gasteiger partial charge < -0.3 is 10.1 Å². The number of methoxy groups -OCH3 is 1. The maximum absolute atomic E-state index is 5.56. The van der Waals surface area contributed by atoms with E-state index in [0.29, 0.717) is 0 Å². The summed E-state index contributed by atoms with van der Waals surface area (Å²) in [4.78, 5) is 0. The summed E-state index contributed by atoms with van der Waals surface area (Å²) < 4.78 is 7.90. The lowest BCUT2D eigenvalue weighted by molar-refractivity contribution is 0.405. The summed E-state index contributed by atoms with van der Waals surface area (Å²) in [6.07, 6.45) is 0. The number of benzene rings is 2. The van der Waals surface area contributed by atoms with Gasteiger partial charge in [0, 0.05) is 13.6 Å². The Hall–Kier alpha value is -0.590. The number of hydrogen-bond acceptors (Lipinski definition) is 2. The van der Waals surface area contributed by atoms with Gasteiger partial charge in [0.25, 0.3) is 0 Å². The van der Waals surface area contributed by atoms with Crippen molar-refractivity contribution in [3.05, 3.63) is 61.1 Å². The molecule has 0 saturated carbocycles. The van der Waals surface area contributed by atoms with Crippen molar-refractivity contribution < 1.29 is 4.74 Å². The maximum atomic E-state index is 5.56. The van der Waals surface area contributed by atoms with E-state index in [4.69, 9.17) is 4.74 Å². The molecule has 1 unspecified atom stereocenters. The van der Waals surface area contributed by atoms with Crippen molar-refractivity contribution in [2.75, 3.05) is 14.2 Å². The van der Waals surface area contributed by atoms with Crippen molar-refractivity contribution in [3.63, 3.8) is 0 Å². The lowest BCUT2D eigenvalue weighted by atomic mass is 9.97. The molecule has 0 saturated heterocycles. The third-order valence-electron chi connectivity index (χ3n) is 3.33. The largest absolute Gasteiger partial charge is 0.496 e. The second-order valence-electron chi connectivity index (χ2n) is 4.59. The van der Waals surface area contributed by atoms with Gasteiger partial charge in [0.05, 0.1) is 13.2 Å². The van der Waals surface area contributed by atoms with E-state index in [1.165, 1.54) is 14.7 Å². The Morgan fingerprint density at radius 1 is 1.20 bits per heavy atom. The van der Waals surface area contributed by atoms with Gasteiger partial charge in [-0.1, -0.05) is 34.1 Å². The molecule has 2 aromatic rings. The van der Waals surface area contributed by atoms with Crippen LogP contribution in [0, 0.1) is 10.5 Å². The Balaban J connectivity index is 2.58. The molecule has 0 spiro atoms. The molecule has 0 radical (unpaired) electrons. The van der Waals surface area contributed by atoms with Crippen molar-refractivity contribution in [1.82, 2.24) is 5.32 Å². The van der Waals surface area contributed by atoms with Gasteiger partial charge in [0.2, 0.25) is 0 Å². The van der Waals surface area contributed by atoms with Gasteiger partial charge >= 0.3 is 0 Å². The lowest BCUT2D eigenvalue weighted by Crippen LogP contribution is -2.19. The molecule has 20 heavy (non-hydrogen) atoms. The van der Waals surface area contributed by atoms with Crippen LogP contribution in [0.4, 0.5) is 0 Å². The predicted octanol–water partition coefficient (Wildman–Crippen LogP) is 4.68. The van der Waals surface area contributed by atoms with Gasteiger partial charge in [-0.3, -0.25) is 0 Å². The fourth-order valence-electron chi connectivity index (χ4n) is 2.26. The van der Waals surface area contributed by atoms with Crippen LogP contribution in [0.5, 0.6) is 5.75 Å². The number of hydrogen-bond donors (Lipinski definition) is 1. The molecule has 0 heterocycles. The van der Waals surface area contributed by atoms with Crippen LogP contribution in [-0.2, 0) is 0 Å². The summed E-state index contributed by atoms with van der Waals surface area (Å²) in [7, 11) is 3.69. The molecule has 1 N–H and O–H groups in total. The van der Waals surface area contributed by atoms with E-state index in [2.05, 4.69) is 87.2 Å². The van der Waals surface area contributed by atoms with Crippen molar-refractivity contribution >= 4 is 38.5 Å². The minimum atomic E-state index is 0.106. The first-order valence-electron chi connectivity index (χ1n) is 6.34. The molecule has 0 bridgehead atoms. The average molecular weight is 446 g/mol. The topological polar surface area (TPSA) is 21.3 Å². The first-order valence-corrected chi connectivity index (χ1v) is 8.21. The SMILES string of the molecule is CNC(c1ccccc1I)c1cc(Br)c(C)cc1OC. The fraction of sp³-hybridized carbons (Fsp3) is 0.250. The van der Waals surface area contributed by atoms with E-state index in [9.17, 15) is 0 Å². The molecule has 4 heteroatoms. The van der Waals surface area contributed by atoms with Gasteiger partial charge in [-0.2, -0.15) is 0 Å². The van der Waals surface area contributed by atoms with Crippen molar-refractivity contribution in [2.45, 2.75) is 13.0 Å². The summed E-state index contributed by atoms with van der Waals surface area (Å²) in [6.45, 7) is 2.07. The van der Waals surface area contributed by atoms with Crippen LogP contribution in [0.2, 0.25) is 0 Å². The van der Waals surface area contributed by atoms with Gasteiger partial charge in [0.1, 0.15) is 5.75 Å². The van der Waals surface area contributed by atoms with Gasteiger partial charge in [0.15, 0.2) is 0 Å². The number of nitrogens with one attached hydrogen (secondary N) is 1. The maximum Gasteiger partial charge on any atom is 0.124 e. The van der Waals surface area contributed by atoms with Crippen molar-refractivity contribution in [1.29, 1.82) is 0 Å². The summed E-state index contributed by atoms with van der Waals surface area (Å²) in [5.74, 6) is 0.907. The Kier molecular flexibility index (Phi) is 5.46. The number of aryl methyl sites for hydroxylation is 1. The molecule has 0 fully saturated rings. The summed E-state index contributed by atoms with van der Waals surface area (Å²) in [6, 6.07) is 12.7. The van der Waals surface area contributed by atoms with E-state index >= 15 is 0 Å². The molecule has 0 aliphatic heterocycles. The molecule has 0 amide bonds. The van der Waals surface area contributed by atoms with Crippen LogP contribution < -0.4 is 10.1 Å². The third-order valence-corrected chi connectivity index (χ3v) is 5.16. The molecule has 0 aliphatic rings. The third kappa shape index (κ3) is 3.18. The van der Waals surface area contributed by atoms with Gasteiger partial charge in [-0.05, 0) is 65.9 Å². The Bertz CT molecular complexity index is 615. The van der Waals surface area contributed by atoms with Gasteiger partial charge in [-0.15, -0.1) is 0 Å². The van der Waals surface area contributed by atoms with Crippen LogP contribution in [0.3, 0.4) is 0 Å². The monoisotopic (exact) mass is 445 g/mol. The Labute approximate surface area is 142 Å². The van der Waals surface area contributed by atoms with Crippen LogP contribution >= 0.6 is 38.5 Å². The summed E-state index contributed by atoms with van der Waals surface area (Å²) in [5, 5.41) is 3.39. The highest BCUT2D eigenvalue weighted by Crippen LogP contribution is 2.35. The predicted molar refractivity (Wildman–Crippen MR) is 95.5 cm³/mol. The van der Waals surface area contributed by atoms with Gasteiger partial charge in [-0.25, -0.2) is 0 Å². The molecule has 2 rings (SSSR count). The fourth-order valence-corrected chi connectivity index (χ4v) is 3.32. The molecule has 106 valence electrons. The Morgan fingerprint density at radius 3 is 2.50 bits per heavy atom.